The predicted octanol–water partition coefficient (Wildman–Crippen LogP) is 4.00. The van der Waals surface area contributed by atoms with Crippen LogP contribution in [0, 0.1) is 11.6 Å². The Labute approximate surface area is 153 Å². The van der Waals surface area contributed by atoms with Gasteiger partial charge in [-0.25, -0.2) is 8.78 Å². The molecule has 5 nitrogen and oxygen atoms in total. The molecule has 2 heterocycles. The first-order valence-electron chi connectivity index (χ1n) is 8.28. The summed E-state index contributed by atoms with van der Waals surface area (Å²) in [6.45, 7) is 0.151. The number of carbonyl (C=O) groups is 1. The van der Waals surface area contributed by atoms with Gasteiger partial charge in [-0.3, -0.25) is 4.79 Å². The van der Waals surface area contributed by atoms with Crippen molar-refractivity contribution in [3.05, 3.63) is 83.3 Å². The molecule has 1 N–H and O–H groups in total. The van der Waals surface area contributed by atoms with E-state index in [-0.39, 0.29) is 30.3 Å². The van der Waals surface area contributed by atoms with Crippen LogP contribution < -0.4 is 14.8 Å². The Hall–Kier alpha value is -3.35. The Kier molecular flexibility index (Phi) is 4.50. The lowest BCUT2D eigenvalue weighted by atomic mass is 10.1. The Bertz CT molecular complexity index is 971. The second-order valence-corrected chi connectivity index (χ2v) is 6.01. The van der Waals surface area contributed by atoms with Gasteiger partial charge in [-0.2, -0.15) is 0 Å². The summed E-state index contributed by atoms with van der Waals surface area (Å²) < 4.78 is 43.5. The number of hydrogen-bond donors (Lipinski definition) is 1. The number of rotatable bonds is 5. The van der Waals surface area contributed by atoms with E-state index in [1.807, 2.05) is 18.2 Å². The molecule has 1 amide bonds. The van der Waals surface area contributed by atoms with Crippen LogP contribution in [0.2, 0.25) is 0 Å². The third kappa shape index (κ3) is 3.48. The largest absolute Gasteiger partial charge is 0.490 e. The number of furan rings is 1. The van der Waals surface area contributed by atoms with Gasteiger partial charge in [-0.15, -0.1) is 0 Å². The van der Waals surface area contributed by atoms with E-state index in [9.17, 15) is 13.6 Å². The number of para-hydroxylation sites is 1. The zero-order valence-corrected chi connectivity index (χ0v) is 14.1. The first kappa shape index (κ1) is 17.1. The number of fused-ring (bicyclic) bond motifs is 1. The lowest BCUT2D eigenvalue weighted by molar-refractivity contribution is 0.0898. The van der Waals surface area contributed by atoms with Crippen LogP contribution in [-0.2, 0) is 6.61 Å². The molecule has 4 rings (SSSR count). The highest BCUT2D eigenvalue weighted by atomic mass is 19.1. The van der Waals surface area contributed by atoms with Crippen molar-refractivity contribution in [2.75, 3.05) is 6.61 Å². The maximum absolute atomic E-state index is 14.1. The predicted molar refractivity (Wildman–Crippen MR) is 91.5 cm³/mol. The Balaban J connectivity index is 1.47. The first-order valence-corrected chi connectivity index (χ1v) is 8.28. The topological polar surface area (TPSA) is 60.7 Å². The van der Waals surface area contributed by atoms with Crippen molar-refractivity contribution in [3.8, 4) is 11.5 Å². The summed E-state index contributed by atoms with van der Waals surface area (Å²) in [5, 5.41) is 2.66. The SMILES string of the molecule is O=C(NC1COc2cc(F)cc(F)c21)c1occc1COc1ccccc1. The molecular formula is C20H15F2NO4. The zero-order chi connectivity index (χ0) is 18.8. The fourth-order valence-electron chi connectivity index (χ4n) is 2.94. The molecule has 7 heteroatoms. The molecule has 0 fully saturated rings. The van der Waals surface area contributed by atoms with Crippen molar-refractivity contribution in [3.63, 3.8) is 0 Å². The van der Waals surface area contributed by atoms with E-state index in [1.54, 1.807) is 18.2 Å². The molecule has 0 radical (unpaired) electrons. The fourth-order valence-corrected chi connectivity index (χ4v) is 2.94. The van der Waals surface area contributed by atoms with Crippen LogP contribution in [0.5, 0.6) is 11.5 Å². The molecule has 1 atom stereocenters. The van der Waals surface area contributed by atoms with Gasteiger partial charge in [0.15, 0.2) is 5.76 Å². The number of hydrogen-bond acceptors (Lipinski definition) is 4. The lowest BCUT2D eigenvalue weighted by Crippen LogP contribution is -2.30. The Morgan fingerprint density at radius 1 is 1.19 bits per heavy atom. The van der Waals surface area contributed by atoms with Gasteiger partial charge in [0.2, 0.25) is 0 Å². The van der Waals surface area contributed by atoms with Gasteiger partial charge in [0.05, 0.1) is 17.9 Å². The molecule has 1 aromatic heterocycles. The maximum atomic E-state index is 14.1. The van der Waals surface area contributed by atoms with E-state index >= 15 is 0 Å². The molecule has 0 bridgehead atoms. The second-order valence-electron chi connectivity index (χ2n) is 6.01. The van der Waals surface area contributed by atoms with Crippen molar-refractivity contribution in [1.82, 2.24) is 5.32 Å². The number of nitrogens with one attached hydrogen (secondary N) is 1. The van der Waals surface area contributed by atoms with E-state index in [0.29, 0.717) is 11.3 Å². The molecule has 1 aliphatic rings. The molecular weight excluding hydrogens is 356 g/mol. The number of benzene rings is 2. The normalized spacial score (nSPS) is 15.1. The van der Waals surface area contributed by atoms with E-state index in [4.69, 9.17) is 13.9 Å². The van der Waals surface area contributed by atoms with Crippen LogP contribution in [0.4, 0.5) is 8.78 Å². The van der Waals surface area contributed by atoms with Gasteiger partial charge < -0.3 is 19.2 Å². The lowest BCUT2D eigenvalue weighted by Gasteiger charge is -2.12. The highest BCUT2D eigenvalue weighted by molar-refractivity contribution is 5.93. The first-order chi connectivity index (χ1) is 13.1. The summed E-state index contributed by atoms with van der Waals surface area (Å²) in [6, 6.07) is 11.9. The third-order valence-corrected chi connectivity index (χ3v) is 4.21. The maximum Gasteiger partial charge on any atom is 0.288 e. The standard InChI is InChI=1S/C20H15F2NO4/c21-13-8-15(22)18-16(11-27-17(18)9-13)23-20(24)19-12(6-7-25-19)10-26-14-4-2-1-3-5-14/h1-9,16H,10-11H2,(H,23,24). The van der Waals surface area contributed by atoms with E-state index in [2.05, 4.69) is 5.32 Å². The molecule has 0 spiro atoms. The average molecular weight is 371 g/mol. The molecule has 0 aliphatic carbocycles. The molecule has 3 aromatic rings. The molecule has 27 heavy (non-hydrogen) atoms. The molecule has 138 valence electrons. The van der Waals surface area contributed by atoms with Gasteiger partial charge in [0.1, 0.15) is 36.3 Å². The smallest absolute Gasteiger partial charge is 0.288 e. The number of carbonyl (C=O) groups excluding carboxylic acids is 1. The Morgan fingerprint density at radius 3 is 2.81 bits per heavy atom. The van der Waals surface area contributed by atoms with Gasteiger partial charge in [0, 0.05) is 17.7 Å². The Morgan fingerprint density at radius 2 is 2.00 bits per heavy atom. The number of amides is 1. The van der Waals surface area contributed by atoms with Gasteiger partial charge >= 0.3 is 0 Å². The summed E-state index contributed by atoms with van der Waals surface area (Å²) in [7, 11) is 0. The minimum atomic E-state index is -0.764. The molecule has 0 saturated heterocycles. The highest BCUT2D eigenvalue weighted by Gasteiger charge is 2.31. The van der Waals surface area contributed by atoms with E-state index < -0.39 is 23.6 Å². The summed E-state index contributed by atoms with van der Waals surface area (Å²) in [5.41, 5.74) is 0.675. The number of halogens is 2. The summed E-state index contributed by atoms with van der Waals surface area (Å²) in [5.74, 6) is -1.21. The molecule has 1 unspecified atom stereocenters. The average Bonchev–Trinajstić information content (AvgIpc) is 3.28. The van der Waals surface area contributed by atoms with Crippen molar-refractivity contribution < 1.29 is 27.5 Å². The summed E-state index contributed by atoms with van der Waals surface area (Å²) in [4.78, 5) is 12.6. The zero-order valence-electron chi connectivity index (χ0n) is 14.1. The van der Waals surface area contributed by atoms with Crippen LogP contribution in [0.1, 0.15) is 27.7 Å². The molecule has 2 aromatic carbocycles. The van der Waals surface area contributed by atoms with Crippen molar-refractivity contribution >= 4 is 5.91 Å². The number of ether oxygens (including phenoxy) is 2. The molecule has 1 aliphatic heterocycles. The van der Waals surface area contributed by atoms with Crippen LogP contribution in [0.25, 0.3) is 0 Å². The van der Waals surface area contributed by atoms with Gasteiger partial charge in [0.25, 0.3) is 5.91 Å². The minimum absolute atomic E-state index is 0.0119. The van der Waals surface area contributed by atoms with Crippen molar-refractivity contribution in [2.45, 2.75) is 12.6 Å². The van der Waals surface area contributed by atoms with Crippen LogP contribution in [0.15, 0.2) is 59.2 Å². The fraction of sp³-hybridized carbons (Fsp3) is 0.150. The monoisotopic (exact) mass is 371 g/mol. The highest BCUT2D eigenvalue weighted by Crippen LogP contribution is 2.35. The van der Waals surface area contributed by atoms with E-state index in [0.717, 1.165) is 12.1 Å². The van der Waals surface area contributed by atoms with E-state index in [1.165, 1.54) is 6.26 Å². The van der Waals surface area contributed by atoms with Crippen molar-refractivity contribution in [2.24, 2.45) is 0 Å². The summed E-state index contributed by atoms with van der Waals surface area (Å²) >= 11 is 0. The minimum Gasteiger partial charge on any atom is -0.490 e. The van der Waals surface area contributed by atoms with Gasteiger partial charge in [-0.05, 0) is 18.2 Å². The third-order valence-electron chi connectivity index (χ3n) is 4.21. The summed E-state index contributed by atoms with van der Waals surface area (Å²) in [6.07, 6.45) is 1.38. The van der Waals surface area contributed by atoms with Crippen LogP contribution >= 0.6 is 0 Å². The van der Waals surface area contributed by atoms with Crippen LogP contribution in [0.3, 0.4) is 0 Å². The van der Waals surface area contributed by atoms with Crippen LogP contribution in [-0.4, -0.2) is 12.5 Å². The van der Waals surface area contributed by atoms with Gasteiger partial charge in [-0.1, -0.05) is 18.2 Å². The quantitative estimate of drug-likeness (QED) is 0.736. The molecule has 0 saturated carbocycles. The second kappa shape index (κ2) is 7.11. The van der Waals surface area contributed by atoms with Crippen molar-refractivity contribution in [1.29, 1.82) is 0 Å².